The number of aryl methyl sites for hydroxylation is 1. The molecule has 1 aliphatic rings. The molecule has 1 aromatic carbocycles. The molecule has 1 fully saturated rings. The van der Waals surface area contributed by atoms with Crippen molar-refractivity contribution in [2.75, 3.05) is 0 Å². The van der Waals surface area contributed by atoms with Gasteiger partial charge in [-0.1, -0.05) is 17.7 Å². The maximum absolute atomic E-state index is 13.3. The number of aromatic nitrogens is 1. The average Bonchev–Trinajstić information content (AvgIpc) is 2.65. The molecule has 0 unspecified atom stereocenters. The summed E-state index contributed by atoms with van der Waals surface area (Å²) in [4.78, 5) is 28.3. The summed E-state index contributed by atoms with van der Waals surface area (Å²) < 4.78 is 13.3. The Labute approximate surface area is 167 Å². The van der Waals surface area contributed by atoms with Crippen molar-refractivity contribution >= 4 is 23.4 Å². The third-order valence-electron chi connectivity index (χ3n) is 4.85. The zero-order valence-corrected chi connectivity index (χ0v) is 16.1. The van der Waals surface area contributed by atoms with E-state index in [0.29, 0.717) is 25.7 Å². The highest BCUT2D eigenvalue weighted by molar-refractivity contribution is 6.32. The van der Waals surface area contributed by atoms with Gasteiger partial charge in [0.2, 0.25) is 0 Å². The van der Waals surface area contributed by atoms with E-state index in [-0.39, 0.29) is 40.0 Å². The van der Waals surface area contributed by atoms with Gasteiger partial charge in [0, 0.05) is 12.1 Å². The fourth-order valence-corrected chi connectivity index (χ4v) is 3.51. The highest BCUT2D eigenvalue weighted by Crippen LogP contribution is 2.23. The molecule has 1 aliphatic carbocycles. The number of carbonyl (C=O) groups excluding carboxylic acids is 2. The Morgan fingerprint density at radius 3 is 2.21 bits per heavy atom. The van der Waals surface area contributed by atoms with Gasteiger partial charge < -0.3 is 15.7 Å². The van der Waals surface area contributed by atoms with Gasteiger partial charge in [0.05, 0.1) is 17.3 Å². The van der Waals surface area contributed by atoms with Crippen molar-refractivity contribution in [3.05, 3.63) is 58.1 Å². The van der Waals surface area contributed by atoms with Crippen molar-refractivity contribution in [1.82, 2.24) is 15.6 Å². The topological polar surface area (TPSA) is 91.3 Å². The number of nitrogens with one attached hydrogen (secondary N) is 2. The first kappa shape index (κ1) is 20.1. The lowest BCUT2D eigenvalue weighted by Gasteiger charge is -2.29. The number of amides is 2. The van der Waals surface area contributed by atoms with Crippen LogP contribution in [0.25, 0.3) is 0 Å². The Hall–Kier alpha value is -2.67. The molecule has 8 heteroatoms. The molecule has 0 bridgehead atoms. The van der Waals surface area contributed by atoms with Gasteiger partial charge in [-0.15, -0.1) is 0 Å². The molecule has 0 spiro atoms. The Balaban J connectivity index is 1.52. The molecule has 0 atom stereocenters. The van der Waals surface area contributed by atoms with Gasteiger partial charge in [-0.3, -0.25) is 9.59 Å². The molecule has 2 amide bonds. The van der Waals surface area contributed by atoms with Crippen LogP contribution < -0.4 is 10.6 Å². The molecule has 0 radical (unpaired) electrons. The van der Waals surface area contributed by atoms with Gasteiger partial charge in [-0.05, 0) is 56.4 Å². The van der Waals surface area contributed by atoms with Crippen molar-refractivity contribution in [2.24, 2.45) is 0 Å². The molecular weight excluding hydrogens is 385 g/mol. The number of phenolic OH excluding ortho intramolecular Hbond substituents is 1. The minimum absolute atomic E-state index is 0.00643. The summed E-state index contributed by atoms with van der Waals surface area (Å²) in [6, 6.07) is 5.85. The Kier molecular flexibility index (Phi) is 6.14. The van der Waals surface area contributed by atoms with Crippen molar-refractivity contribution in [2.45, 2.75) is 44.7 Å². The normalized spacial score (nSPS) is 19.1. The molecule has 2 aromatic rings. The third kappa shape index (κ3) is 4.78. The summed E-state index contributed by atoms with van der Waals surface area (Å²) in [6.07, 6.45) is 3.64. The van der Waals surface area contributed by atoms with Gasteiger partial charge in [0.1, 0.15) is 16.7 Å². The summed E-state index contributed by atoms with van der Waals surface area (Å²) in [6.45, 7) is 1.84. The summed E-state index contributed by atoms with van der Waals surface area (Å²) in [5.41, 5.74) is 1.13. The van der Waals surface area contributed by atoms with E-state index in [4.69, 9.17) is 11.6 Å². The van der Waals surface area contributed by atoms with Crippen LogP contribution in [-0.2, 0) is 0 Å². The molecule has 0 saturated heterocycles. The molecule has 1 aromatic heterocycles. The van der Waals surface area contributed by atoms with E-state index in [2.05, 4.69) is 15.6 Å². The van der Waals surface area contributed by atoms with Gasteiger partial charge >= 0.3 is 0 Å². The second kappa shape index (κ2) is 8.56. The molecule has 1 saturated carbocycles. The standard InChI is InChI=1S/C20H21ClFN3O3/c1-11-2-7-15(17(26)8-11)19(27)24-13-3-5-14(6-4-13)25-20(28)16-9-12(22)10-23-18(16)21/h2,7-10,13-14,26H,3-6H2,1H3,(H,24,27)(H,25,28). The van der Waals surface area contributed by atoms with Crippen molar-refractivity contribution in [3.63, 3.8) is 0 Å². The van der Waals surface area contributed by atoms with Crippen molar-refractivity contribution in [3.8, 4) is 5.75 Å². The fraction of sp³-hybridized carbons (Fsp3) is 0.350. The number of rotatable bonds is 4. The molecule has 6 nitrogen and oxygen atoms in total. The smallest absolute Gasteiger partial charge is 0.255 e. The largest absolute Gasteiger partial charge is 0.507 e. The Morgan fingerprint density at radius 2 is 1.64 bits per heavy atom. The summed E-state index contributed by atoms with van der Waals surface area (Å²) >= 11 is 5.86. The number of carbonyl (C=O) groups is 2. The second-order valence-electron chi connectivity index (χ2n) is 7.01. The number of hydrogen-bond acceptors (Lipinski definition) is 4. The zero-order chi connectivity index (χ0) is 20.3. The molecule has 28 heavy (non-hydrogen) atoms. The number of hydrogen-bond donors (Lipinski definition) is 3. The van der Waals surface area contributed by atoms with Crippen molar-refractivity contribution < 1.29 is 19.1 Å². The minimum atomic E-state index is -0.625. The van der Waals surface area contributed by atoms with Gasteiger partial charge in [0.15, 0.2) is 0 Å². The average molecular weight is 406 g/mol. The highest BCUT2D eigenvalue weighted by atomic mass is 35.5. The van der Waals surface area contributed by atoms with E-state index in [9.17, 15) is 19.1 Å². The van der Waals surface area contributed by atoms with Crippen LogP contribution in [0.4, 0.5) is 4.39 Å². The lowest BCUT2D eigenvalue weighted by atomic mass is 9.90. The van der Waals surface area contributed by atoms with E-state index < -0.39 is 11.7 Å². The number of aromatic hydroxyl groups is 1. The van der Waals surface area contributed by atoms with Gasteiger partial charge in [-0.25, -0.2) is 9.37 Å². The number of halogens is 2. The quantitative estimate of drug-likeness (QED) is 0.680. The number of phenols is 1. The fourth-order valence-electron chi connectivity index (χ4n) is 3.32. The van der Waals surface area contributed by atoms with E-state index in [0.717, 1.165) is 17.8 Å². The maximum atomic E-state index is 13.3. The first-order chi connectivity index (χ1) is 13.3. The first-order valence-electron chi connectivity index (χ1n) is 9.06. The first-order valence-corrected chi connectivity index (χ1v) is 9.43. The van der Waals surface area contributed by atoms with Crippen LogP contribution in [0.2, 0.25) is 5.15 Å². The van der Waals surface area contributed by atoms with Crippen LogP contribution in [0.5, 0.6) is 5.75 Å². The molecule has 148 valence electrons. The number of nitrogens with zero attached hydrogens (tertiary/aromatic N) is 1. The lowest BCUT2D eigenvalue weighted by Crippen LogP contribution is -2.43. The Morgan fingerprint density at radius 1 is 1.07 bits per heavy atom. The van der Waals surface area contributed by atoms with E-state index in [1.54, 1.807) is 18.2 Å². The van der Waals surface area contributed by atoms with Crippen LogP contribution in [0, 0.1) is 12.7 Å². The van der Waals surface area contributed by atoms with Gasteiger partial charge in [0.25, 0.3) is 11.8 Å². The summed E-state index contributed by atoms with van der Waals surface area (Å²) in [5, 5.41) is 15.7. The molecule has 1 heterocycles. The number of benzene rings is 1. The SMILES string of the molecule is Cc1ccc(C(=O)NC2CCC(NC(=O)c3cc(F)cnc3Cl)CC2)c(O)c1. The van der Waals surface area contributed by atoms with Crippen LogP contribution in [-0.4, -0.2) is 34.0 Å². The van der Waals surface area contributed by atoms with Crippen LogP contribution in [0.3, 0.4) is 0 Å². The predicted molar refractivity (Wildman–Crippen MR) is 103 cm³/mol. The molecule has 3 rings (SSSR count). The van der Waals surface area contributed by atoms with Crippen molar-refractivity contribution in [1.29, 1.82) is 0 Å². The van der Waals surface area contributed by atoms with E-state index in [1.807, 2.05) is 6.92 Å². The number of pyridine rings is 1. The van der Waals surface area contributed by atoms with Gasteiger partial charge in [-0.2, -0.15) is 0 Å². The highest BCUT2D eigenvalue weighted by Gasteiger charge is 2.25. The lowest BCUT2D eigenvalue weighted by molar-refractivity contribution is 0.0890. The van der Waals surface area contributed by atoms with E-state index >= 15 is 0 Å². The molecule has 3 N–H and O–H groups in total. The van der Waals surface area contributed by atoms with Crippen LogP contribution in [0.1, 0.15) is 52.0 Å². The Bertz CT molecular complexity index is 898. The maximum Gasteiger partial charge on any atom is 0.255 e. The monoisotopic (exact) mass is 405 g/mol. The summed E-state index contributed by atoms with van der Waals surface area (Å²) in [7, 11) is 0. The van der Waals surface area contributed by atoms with Crippen LogP contribution >= 0.6 is 11.6 Å². The second-order valence-corrected chi connectivity index (χ2v) is 7.37. The minimum Gasteiger partial charge on any atom is -0.507 e. The van der Waals surface area contributed by atoms with E-state index in [1.165, 1.54) is 0 Å². The summed E-state index contributed by atoms with van der Waals surface area (Å²) in [5.74, 6) is -1.45. The van der Waals surface area contributed by atoms with Crippen LogP contribution in [0.15, 0.2) is 30.5 Å². The molecular formula is C20H21ClFN3O3. The predicted octanol–water partition coefficient (Wildman–Crippen LogP) is 3.36. The third-order valence-corrected chi connectivity index (χ3v) is 5.15. The zero-order valence-electron chi connectivity index (χ0n) is 15.3. The molecule has 0 aliphatic heterocycles.